The van der Waals surface area contributed by atoms with Crippen LogP contribution in [0.3, 0.4) is 0 Å². The number of hydrogen-bond acceptors (Lipinski definition) is 3. The van der Waals surface area contributed by atoms with E-state index in [1.165, 1.54) is 0 Å². The molecule has 98 valence electrons. The van der Waals surface area contributed by atoms with Crippen LogP contribution in [-0.4, -0.2) is 36.8 Å². The van der Waals surface area contributed by atoms with Crippen LogP contribution in [-0.2, 0) is 4.79 Å². The molecule has 1 rings (SSSR count). The van der Waals surface area contributed by atoms with Crippen molar-refractivity contribution in [1.82, 2.24) is 10.6 Å². The molecule has 18 heavy (non-hydrogen) atoms. The summed E-state index contributed by atoms with van der Waals surface area (Å²) in [5.41, 5.74) is 0. The van der Waals surface area contributed by atoms with Crippen molar-refractivity contribution >= 4 is 12.0 Å². The molecule has 2 amide bonds. The van der Waals surface area contributed by atoms with Gasteiger partial charge in [-0.25, -0.2) is 4.79 Å². The zero-order valence-corrected chi connectivity index (χ0v) is 9.89. The number of carbonyl (C=O) groups excluding carboxylic acids is 1. The van der Waals surface area contributed by atoms with E-state index in [1.54, 1.807) is 0 Å². The van der Waals surface area contributed by atoms with Gasteiger partial charge in [0.15, 0.2) is 0 Å². The lowest BCUT2D eigenvalue weighted by molar-refractivity contribution is -0.136. The Balaban J connectivity index is 2.04. The highest BCUT2D eigenvalue weighted by Gasteiger charge is 2.01. The molecule has 0 saturated carbocycles. The Hall–Kier alpha value is -2.24. The van der Waals surface area contributed by atoms with Crippen molar-refractivity contribution in [3.8, 4) is 5.75 Å². The first-order valence-electron chi connectivity index (χ1n) is 5.60. The van der Waals surface area contributed by atoms with Crippen LogP contribution in [0.4, 0.5) is 4.79 Å². The molecule has 1 aromatic carbocycles. The van der Waals surface area contributed by atoms with Crippen LogP contribution in [0, 0.1) is 0 Å². The first-order valence-corrected chi connectivity index (χ1v) is 5.60. The number of hydrogen-bond donors (Lipinski definition) is 3. The first kappa shape index (κ1) is 13.8. The average Bonchev–Trinajstić information content (AvgIpc) is 2.35. The molecule has 0 fully saturated rings. The lowest BCUT2D eigenvalue weighted by Crippen LogP contribution is -2.38. The number of benzene rings is 1. The number of rotatable bonds is 7. The zero-order chi connectivity index (χ0) is 13.2. The number of urea groups is 1. The van der Waals surface area contributed by atoms with E-state index in [2.05, 4.69) is 10.6 Å². The van der Waals surface area contributed by atoms with E-state index in [0.29, 0.717) is 13.2 Å². The van der Waals surface area contributed by atoms with Crippen LogP contribution in [0.15, 0.2) is 30.3 Å². The summed E-state index contributed by atoms with van der Waals surface area (Å²) in [6, 6.07) is 8.87. The third-order valence-electron chi connectivity index (χ3n) is 2.02. The quantitative estimate of drug-likeness (QED) is 0.627. The van der Waals surface area contributed by atoms with E-state index in [9.17, 15) is 9.59 Å². The Labute approximate surface area is 105 Å². The van der Waals surface area contributed by atoms with Crippen LogP contribution in [0.1, 0.15) is 6.42 Å². The van der Waals surface area contributed by atoms with Gasteiger partial charge in [-0.3, -0.25) is 4.79 Å². The maximum Gasteiger partial charge on any atom is 0.314 e. The molecule has 0 saturated heterocycles. The predicted octanol–water partition coefficient (Wildman–Crippen LogP) is 0.839. The van der Waals surface area contributed by atoms with Gasteiger partial charge in [-0.2, -0.15) is 0 Å². The summed E-state index contributed by atoms with van der Waals surface area (Å²) in [5, 5.41) is 13.4. The lowest BCUT2D eigenvalue weighted by Gasteiger charge is -2.08. The highest BCUT2D eigenvalue weighted by Crippen LogP contribution is 2.07. The smallest absolute Gasteiger partial charge is 0.314 e. The van der Waals surface area contributed by atoms with Crippen molar-refractivity contribution in [2.75, 3.05) is 19.7 Å². The number of amides is 2. The number of carboxylic acid groups (broad SMARTS) is 1. The Morgan fingerprint density at radius 1 is 1.11 bits per heavy atom. The van der Waals surface area contributed by atoms with Gasteiger partial charge in [-0.1, -0.05) is 18.2 Å². The number of ether oxygens (including phenoxy) is 1. The molecule has 3 N–H and O–H groups in total. The molecule has 0 aliphatic heterocycles. The standard InChI is InChI=1S/C12H16N2O4/c15-11(16)6-7-13-12(17)14-8-9-18-10-4-2-1-3-5-10/h1-5H,6-9H2,(H,15,16)(H2,13,14,17). The summed E-state index contributed by atoms with van der Waals surface area (Å²) in [5.74, 6) is -0.201. The minimum atomic E-state index is -0.942. The summed E-state index contributed by atoms with van der Waals surface area (Å²) in [6.45, 7) is 0.824. The third-order valence-corrected chi connectivity index (χ3v) is 2.02. The summed E-state index contributed by atoms with van der Waals surface area (Å²) in [4.78, 5) is 21.4. The fraction of sp³-hybridized carbons (Fsp3) is 0.333. The van der Waals surface area contributed by atoms with Gasteiger partial charge in [0.2, 0.25) is 0 Å². The summed E-state index contributed by atoms with van der Waals surface area (Å²) in [6.07, 6.45) is -0.0893. The SMILES string of the molecule is O=C(O)CCNC(=O)NCCOc1ccccc1. The van der Waals surface area contributed by atoms with Crippen molar-refractivity contribution in [3.63, 3.8) is 0 Å². The molecule has 0 aromatic heterocycles. The van der Waals surface area contributed by atoms with Crippen LogP contribution in [0.5, 0.6) is 5.75 Å². The van der Waals surface area contributed by atoms with Gasteiger partial charge in [0, 0.05) is 6.54 Å². The Morgan fingerprint density at radius 3 is 2.44 bits per heavy atom. The lowest BCUT2D eigenvalue weighted by atomic mass is 10.3. The average molecular weight is 252 g/mol. The second-order valence-electron chi connectivity index (χ2n) is 3.49. The van der Waals surface area contributed by atoms with E-state index in [4.69, 9.17) is 9.84 Å². The largest absolute Gasteiger partial charge is 0.492 e. The Morgan fingerprint density at radius 2 is 1.78 bits per heavy atom. The van der Waals surface area contributed by atoms with Gasteiger partial charge in [0.1, 0.15) is 12.4 Å². The summed E-state index contributed by atoms with van der Waals surface area (Å²) < 4.78 is 5.36. The Kier molecular flexibility index (Phi) is 6.10. The molecule has 0 radical (unpaired) electrons. The van der Waals surface area contributed by atoms with E-state index in [-0.39, 0.29) is 13.0 Å². The number of para-hydroxylation sites is 1. The van der Waals surface area contributed by atoms with Crippen molar-refractivity contribution in [3.05, 3.63) is 30.3 Å². The number of carbonyl (C=O) groups is 2. The van der Waals surface area contributed by atoms with E-state index < -0.39 is 12.0 Å². The topological polar surface area (TPSA) is 87.7 Å². The van der Waals surface area contributed by atoms with Gasteiger partial charge < -0.3 is 20.5 Å². The summed E-state index contributed by atoms with van der Waals surface area (Å²) in [7, 11) is 0. The second-order valence-corrected chi connectivity index (χ2v) is 3.49. The van der Waals surface area contributed by atoms with Crippen LogP contribution in [0.25, 0.3) is 0 Å². The first-order chi connectivity index (χ1) is 8.68. The van der Waals surface area contributed by atoms with Gasteiger partial charge >= 0.3 is 12.0 Å². The maximum atomic E-state index is 11.2. The number of nitrogens with one attached hydrogen (secondary N) is 2. The normalized spacial score (nSPS) is 9.56. The van der Waals surface area contributed by atoms with E-state index in [1.807, 2.05) is 30.3 Å². The van der Waals surface area contributed by atoms with E-state index >= 15 is 0 Å². The van der Waals surface area contributed by atoms with Crippen molar-refractivity contribution < 1.29 is 19.4 Å². The molecule has 0 aliphatic rings. The molecule has 0 unspecified atom stereocenters. The minimum Gasteiger partial charge on any atom is -0.492 e. The van der Waals surface area contributed by atoms with Gasteiger partial charge in [0.25, 0.3) is 0 Å². The fourth-order valence-corrected chi connectivity index (χ4v) is 1.20. The molecule has 0 bridgehead atoms. The molecular weight excluding hydrogens is 236 g/mol. The molecule has 0 spiro atoms. The highest BCUT2D eigenvalue weighted by atomic mass is 16.5. The molecular formula is C12H16N2O4. The van der Waals surface area contributed by atoms with Crippen LogP contribution < -0.4 is 15.4 Å². The minimum absolute atomic E-state index is 0.0893. The molecule has 0 aliphatic carbocycles. The van der Waals surface area contributed by atoms with Crippen molar-refractivity contribution in [1.29, 1.82) is 0 Å². The van der Waals surface area contributed by atoms with E-state index in [0.717, 1.165) is 5.75 Å². The molecule has 0 heterocycles. The second kappa shape index (κ2) is 7.94. The predicted molar refractivity (Wildman–Crippen MR) is 65.6 cm³/mol. The fourth-order valence-electron chi connectivity index (χ4n) is 1.20. The van der Waals surface area contributed by atoms with Gasteiger partial charge in [-0.15, -0.1) is 0 Å². The zero-order valence-electron chi connectivity index (χ0n) is 9.89. The summed E-state index contributed by atoms with van der Waals surface area (Å²) >= 11 is 0. The van der Waals surface area contributed by atoms with Crippen molar-refractivity contribution in [2.45, 2.75) is 6.42 Å². The third kappa shape index (κ3) is 6.37. The van der Waals surface area contributed by atoms with Gasteiger partial charge in [0.05, 0.1) is 13.0 Å². The molecule has 6 heteroatoms. The van der Waals surface area contributed by atoms with Crippen molar-refractivity contribution in [2.24, 2.45) is 0 Å². The highest BCUT2D eigenvalue weighted by molar-refractivity contribution is 5.74. The maximum absolute atomic E-state index is 11.2. The van der Waals surface area contributed by atoms with Crippen LogP contribution in [0.2, 0.25) is 0 Å². The number of carboxylic acids is 1. The molecule has 0 atom stereocenters. The molecule has 1 aromatic rings. The monoisotopic (exact) mass is 252 g/mol. The van der Waals surface area contributed by atoms with Crippen LogP contribution >= 0.6 is 0 Å². The Bertz CT molecular complexity index is 381. The molecule has 6 nitrogen and oxygen atoms in total. The number of aliphatic carboxylic acids is 1. The van der Waals surface area contributed by atoms with Gasteiger partial charge in [-0.05, 0) is 12.1 Å².